The molecule has 1 aromatic heterocycles. The number of hydrogen-bond acceptors (Lipinski definition) is 2. The van der Waals surface area contributed by atoms with Crippen molar-refractivity contribution < 1.29 is 0 Å². The van der Waals surface area contributed by atoms with Crippen LogP contribution in [0, 0.1) is 6.92 Å². The summed E-state index contributed by atoms with van der Waals surface area (Å²) >= 11 is 13.9. The zero-order valence-electron chi connectivity index (χ0n) is 10.3. The summed E-state index contributed by atoms with van der Waals surface area (Å²) in [6, 6.07) is 8.07. The molecule has 0 fully saturated rings. The van der Waals surface area contributed by atoms with Gasteiger partial charge in [0, 0.05) is 9.90 Å². The van der Waals surface area contributed by atoms with Gasteiger partial charge in [-0.1, -0.05) is 36.2 Å². The lowest BCUT2D eigenvalue weighted by Gasteiger charge is -2.20. The molecule has 0 aliphatic carbocycles. The molecular formula is C14H15Cl2NS. The predicted octanol–water partition coefficient (Wildman–Crippen LogP) is 5.06. The number of thiophene rings is 1. The maximum atomic E-state index is 6.25. The van der Waals surface area contributed by atoms with E-state index in [-0.39, 0.29) is 6.04 Å². The Morgan fingerprint density at radius 2 is 2.06 bits per heavy atom. The molecule has 0 bridgehead atoms. The zero-order valence-corrected chi connectivity index (χ0v) is 12.7. The van der Waals surface area contributed by atoms with Gasteiger partial charge in [0.25, 0.3) is 0 Å². The van der Waals surface area contributed by atoms with Crippen molar-refractivity contribution in [2.45, 2.75) is 19.9 Å². The van der Waals surface area contributed by atoms with Crippen molar-refractivity contribution in [1.29, 1.82) is 0 Å². The van der Waals surface area contributed by atoms with Crippen LogP contribution in [0.2, 0.25) is 10.0 Å². The third-order valence-corrected chi connectivity index (χ3v) is 4.52. The Hall–Kier alpha value is -0.540. The van der Waals surface area contributed by atoms with E-state index >= 15 is 0 Å². The van der Waals surface area contributed by atoms with Gasteiger partial charge in [-0.25, -0.2) is 0 Å². The number of rotatable bonds is 4. The first-order valence-corrected chi connectivity index (χ1v) is 7.49. The van der Waals surface area contributed by atoms with Crippen LogP contribution in [0.3, 0.4) is 0 Å². The molecule has 0 aliphatic rings. The maximum Gasteiger partial charge on any atom is 0.0688 e. The van der Waals surface area contributed by atoms with E-state index in [4.69, 9.17) is 23.2 Å². The monoisotopic (exact) mass is 299 g/mol. The largest absolute Gasteiger partial charge is 0.306 e. The molecule has 1 atom stereocenters. The summed E-state index contributed by atoms with van der Waals surface area (Å²) in [5.41, 5.74) is 2.41. The van der Waals surface area contributed by atoms with E-state index in [0.717, 1.165) is 21.5 Å². The van der Waals surface area contributed by atoms with Crippen LogP contribution in [0.25, 0.3) is 0 Å². The van der Waals surface area contributed by atoms with Crippen molar-refractivity contribution >= 4 is 34.5 Å². The summed E-state index contributed by atoms with van der Waals surface area (Å²) in [6.45, 7) is 5.06. The lowest BCUT2D eigenvalue weighted by Crippen LogP contribution is -2.22. The average Bonchev–Trinajstić information content (AvgIpc) is 2.73. The average molecular weight is 300 g/mol. The van der Waals surface area contributed by atoms with Crippen LogP contribution >= 0.6 is 34.5 Å². The lowest BCUT2D eigenvalue weighted by atomic mass is 10.00. The standard InChI is InChI=1S/C14H15Cl2NS/c1-3-17-13(14-12(16)6-7-18-14)11-5-4-10(15)8-9(11)2/h4-8,13,17H,3H2,1-2H3. The van der Waals surface area contributed by atoms with E-state index in [1.54, 1.807) is 11.3 Å². The molecule has 0 amide bonds. The number of hydrogen-bond donors (Lipinski definition) is 1. The van der Waals surface area contributed by atoms with E-state index in [9.17, 15) is 0 Å². The van der Waals surface area contributed by atoms with Crippen LogP contribution in [0.5, 0.6) is 0 Å². The van der Waals surface area contributed by atoms with Gasteiger partial charge in [-0.2, -0.15) is 0 Å². The van der Waals surface area contributed by atoms with E-state index in [2.05, 4.69) is 25.2 Å². The zero-order chi connectivity index (χ0) is 13.1. The predicted molar refractivity (Wildman–Crippen MR) is 81.0 cm³/mol. The van der Waals surface area contributed by atoms with E-state index in [1.165, 1.54) is 11.1 Å². The van der Waals surface area contributed by atoms with Crippen LogP contribution in [0.1, 0.15) is 29.0 Å². The Balaban J connectivity index is 2.45. The van der Waals surface area contributed by atoms with Gasteiger partial charge in [-0.15, -0.1) is 11.3 Å². The van der Waals surface area contributed by atoms with Crippen LogP contribution in [0.4, 0.5) is 0 Å². The Kier molecular flexibility index (Phi) is 4.68. The molecule has 0 aliphatic heterocycles. The molecule has 1 nitrogen and oxygen atoms in total. The molecule has 2 aromatic rings. The molecule has 1 heterocycles. The fourth-order valence-electron chi connectivity index (χ4n) is 2.02. The van der Waals surface area contributed by atoms with Gasteiger partial charge in [0.05, 0.1) is 11.1 Å². The molecule has 4 heteroatoms. The molecule has 1 unspecified atom stereocenters. The van der Waals surface area contributed by atoms with Gasteiger partial charge in [0.2, 0.25) is 0 Å². The second-order valence-corrected chi connectivity index (χ2v) is 5.92. The first kappa shape index (κ1) is 13.9. The lowest BCUT2D eigenvalue weighted by molar-refractivity contribution is 0.637. The van der Waals surface area contributed by atoms with Gasteiger partial charge in [0.1, 0.15) is 0 Å². The van der Waals surface area contributed by atoms with Crippen LogP contribution < -0.4 is 5.32 Å². The first-order valence-electron chi connectivity index (χ1n) is 5.85. The topological polar surface area (TPSA) is 12.0 Å². The number of halogens is 2. The molecular weight excluding hydrogens is 285 g/mol. The van der Waals surface area contributed by atoms with Crippen LogP contribution in [0.15, 0.2) is 29.6 Å². The van der Waals surface area contributed by atoms with Gasteiger partial charge >= 0.3 is 0 Å². The summed E-state index contributed by atoms with van der Waals surface area (Å²) in [4.78, 5) is 1.16. The third-order valence-electron chi connectivity index (χ3n) is 2.86. The smallest absolute Gasteiger partial charge is 0.0688 e. The van der Waals surface area contributed by atoms with Gasteiger partial charge in [-0.3, -0.25) is 0 Å². The molecule has 0 spiro atoms. The number of aryl methyl sites for hydroxylation is 1. The first-order chi connectivity index (χ1) is 8.63. The Labute approximate surface area is 122 Å². The number of nitrogens with one attached hydrogen (secondary N) is 1. The molecule has 18 heavy (non-hydrogen) atoms. The number of benzene rings is 1. The molecule has 96 valence electrons. The second-order valence-electron chi connectivity index (χ2n) is 4.12. The highest BCUT2D eigenvalue weighted by molar-refractivity contribution is 7.10. The fourth-order valence-corrected chi connectivity index (χ4v) is 3.51. The van der Waals surface area contributed by atoms with Crippen LogP contribution in [-0.2, 0) is 0 Å². The Bertz CT molecular complexity index is 536. The minimum absolute atomic E-state index is 0.139. The van der Waals surface area contributed by atoms with Gasteiger partial charge in [-0.05, 0) is 48.2 Å². The molecule has 1 N–H and O–H groups in total. The molecule has 0 saturated carbocycles. The van der Waals surface area contributed by atoms with Crippen molar-refractivity contribution in [3.8, 4) is 0 Å². The normalized spacial score (nSPS) is 12.7. The summed E-state index contributed by atoms with van der Waals surface area (Å²) in [5, 5.41) is 7.09. The quantitative estimate of drug-likeness (QED) is 0.832. The minimum Gasteiger partial charge on any atom is -0.306 e. The Morgan fingerprint density at radius 1 is 1.28 bits per heavy atom. The highest BCUT2D eigenvalue weighted by Crippen LogP contribution is 2.34. The van der Waals surface area contributed by atoms with Crippen LogP contribution in [-0.4, -0.2) is 6.54 Å². The molecule has 0 saturated heterocycles. The summed E-state index contributed by atoms with van der Waals surface area (Å²) in [6.07, 6.45) is 0. The van der Waals surface area contributed by atoms with Crippen molar-refractivity contribution in [1.82, 2.24) is 5.32 Å². The highest BCUT2D eigenvalue weighted by atomic mass is 35.5. The molecule has 2 rings (SSSR count). The Morgan fingerprint density at radius 3 is 2.61 bits per heavy atom. The SMILES string of the molecule is CCNC(c1ccc(Cl)cc1C)c1sccc1Cl. The van der Waals surface area contributed by atoms with Gasteiger partial charge in [0.15, 0.2) is 0 Å². The van der Waals surface area contributed by atoms with E-state index in [1.807, 2.05) is 23.6 Å². The van der Waals surface area contributed by atoms with Crippen molar-refractivity contribution in [2.24, 2.45) is 0 Å². The van der Waals surface area contributed by atoms with Gasteiger partial charge < -0.3 is 5.32 Å². The highest BCUT2D eigenvalue weighted by Gasteiger charge is 2.19. The van der Waals surface area contributed by atoms with Crippen molar-refractivity contribution in [2.75, 3.05) is 6.54 Å². The second kappa shape index (κ2) is 6.07. The summed E-state index contributed by atoms with van der Waals surface area (Å²) in [5.74, 6) is 0. The third kappa shape index (κ3) is 2.89. The van der Waals surface area contributed by atoms with Crippen molar-refractivity contribution in [3.05, 3.63) is 55.7 Å². The summed E-state index contributed by atoms with van der Waals surface area (Å²) in [7, 11) is 0. The molecule has 0 radical (unpaired) electrons. The summed E-state index contributed by atoms with van der Waals surface area (Å²) < 4.78 is 0. The van der Waals surface area contributed by atoms with Crippen molar-refractivity contribution in [3.63, 3.8) is 0 Å². The molecule has 1 aromatic carbocycles. The minimum atomic E-state index is 0.139. The van der Waals surface area contributed by atoms with E-state index < -0.39 is 0 Å². The maximum absolute atomic E-state index is 6.25. The van der Waals surface area contributed by atoms with E-state index in [0.29, 0.717) is 0 Å². The fraction of sp³-hybridized carbons (Fsp3) is 0.286.